The number of halogens is 3. The number of aliphatic hydroxyl groups excluding tert-OH is 1. The summed E-state index contributed by atoms with van der Waals surface area (Å²) in [5, 5.41) is 10.5. The minimum absolute atomic E-state index is 0.356. The van der Waals surface area contributed by atoms with Gasteiger partial charge in [0.25, 0.3) is 0 Å². The Morgan fingerprint density at radius 2 is 1.54 bits per heavy atom. The van der Waals surface area contributed by atoms with Gasteiger partial charge in [-0.1, -0.05) is 34.8 Å². The molecule has 12 heteroatoms. The predicted octanol–water partition coefficient (Wildman–Crippen LogP) is 0.885. The topological polar surface area (TPSA) is 118 Å². The maximum atomic E-state index is 11.3. The third kappa shape index (κ3) is 7.81. The number of carbonyl (C=O) groups is 3. The minimum Gasteiger partial charge on any atom is -0.463 e. The van der Waals surface area contributed by atoms with E-state index in [1.54, 1.807) is 0 Å². The van der Waals surface area contributed by atoms with Gasteiger partial charge >= 0.3 is 17.9 Å². The lowest BCUT2D eigenvalue weighted by Crippen LogP contribution is -2.62. The van der Waals surface area contributed by atoms with Crippen LogP contribution in [0.5, 0.6) is 0 Å². The van der Waals surface area contributed by atoms with Gasteiger partial charge in [-0.3, -0.25) is 14.4 Å². The van der Waals surface area contributed by atoms with E-state index in [1.807, 2.05) is 0 Å². The van der Waals surface area contributed by atoms with Crippen molar-refractivity contribution in [3.05, 3.63) is 0 Å². The highest BCUT2D eigenvalue weighted by Gasteiger charge is 2.50. The SMILES string of the molecule is CC(=O)OC[C@H]1O[C@@H](OCC(Cl)(Cl)Cl)[C@H](OC(C)=O)[C@@H](O)[C@H]1OC(C)=O. The second kappa shape index (κ2) is 9.91. The Bertz CT molecular complexity index is 520. The van der Waals surface area contributed by atoms with Crippen LogP contribution in [0.3, 0.4) is 0 Å². The molecule has 1 rings (SSSR count). The smallest absolute Gasteiger partial charge is 0.303 e. The zero-order valence-electron chi connectivity index (χ0n) is 14.1. The van der Waals surface area contributed by atoms with Crippen LogP contribution in [0.4, 0.5) is 0 Å². The summed E-state index contributed by atoms with van der Waals surface area (Å²) in [6.45, 7) is 2.57. The summed E-state index contributed by atoms with van der Waals surface area (Å²) in [5.74, 6) is -2.10. The van der Waals surface area contributed by atoms with Gasteiger partial charge in [0.1, 0.15) is 18.8 Å². The Hall–Kier alpha value is -0.840. The van der Waals surface area contributed by atoms with E-state index in [1.165, 1.54) is 6.92 Å². The van der Waals surface area contributed by atoms with Crippen LogP contribution in [0.15, 0.2) is 0 Å². The second-order valence-corrected chi connectivity index (χ2v) is 7.93. The Morgan fingerprint density at radius 3 is 2.00 bits per heavy atom. The van der Waals surface area contributed by atoms with Crippen molar-refractivity contribution in [1.82, 2.24) is 0 Å². The van der Waals surface area contributed by atoms with Gasteiger partial charge in [-0.15, -0.1) is 0 Å². The van der Waals surface area contributed by atoms with Crippen LogP contribution in [0.2, 0.25) is 0 Å². The number of hydrogen-bond acceptors (Lipinski definition) is 9. The zero-order valence-corrected chi connectivity index (χ0v) is 16.4. The molecule has 1 aliphatic rings. The van der Waals surface area contributed by atoms with Crippen molar-refractivity contribution in [2.75, 3.05) is 13.2 Å². The number of rotatable bonds is 6. The quantitative estimate of drug-likeness (QED) is 0.367. The molecule has 1 heterocycles. The highest BCUT2D eigenvalue weighted by atomic mass is 35.6. The molecule has 0 spiro atoms. The molecule has 0 aromatic carbocycles. The van der Waals surface area contributed by atoms with E-state index >= 15 is 0 Å². The fourth-order valence-corrected chi connectivity index (χ4v) is 2.38. The molecule has 5 atom stereocenters. The molecule has 9 nitrogen and oxygen atoms in total. The first kappa shape index (κ1) is 23.2. The van der Waals surface area contributed by atoms with Gasteiger partial charge in [0.15, 0.2) is 18.5 Å². The van der Waals surface area contributed by atoms with Crippen molar-refractivity contribution in [2.45, 2.75) is 55.3 Å². The summed E-state index contributed by atoms with van der Waals surface area (Å²) in [5.41, 5.74) is 0. The van der Waals surface area contributed by atoms with Crippen LogP contribution < -0.4 is 0 Å². The lowest BCUT2D eigenvalue weighted by Gasteiger charge is -2.42. The summed E-state index contributed by atoms with van der Waals surface area (Å²) in [6.07, 6.45) is -6.68. The maximum Gasteiger partial charge on any atom is 0.303 e. The molecule has 1 aliphatic heterocycles. The molecule has 1 saturated heterocycles. The minimum atomic E-state index is -1.80. The fourth-order valence-electron chi connectivity index (χ4n) is 2.19. The molecular formula is C14H19Cl3O9. The maximum absolute atomic E-state index is 11.3. The van der Waals surface area contributed by atoms with E-state index in [0.29, 0.717) is 0 Å². The molecule has 0 radical (unpaired) electrons. The molecule has 0 bridgehead atoms. The van der Waals surface area contributed by atoms with Gasteiger partial charge in [0.05, 0.1) is 6.61 Å². The van der Waals surface area contributed by atoms with E-state index in [-0.39, 0.29) is 6.61 Å². The van der Waals surface area contributed by atoms with Crippen molar-refractivity contribution < 1.29 is 43.2 Å². The van der Waals surface area contributed by atoms with Gasteiger partial charge in [-0.25, -0.2) is 0 Å². The number of hydrogen-bond donors (Lipinski definition) is 1. The average molecular weight is 438 g/mol. The molecule has 0 unspecified atom stereocenters. The molecule has 1 fully saturated rings. The molecule has 1 N–H and O–H groups in total. The number of esters is 3. The van der Waals surface area contributed by atoms with Crippen LogP contribution >= 0.6 is 34.8 Å². The van der Waals surface area contributed by atoms with Crippen molar-refractivity contribution in [1.29, 1.82) is 0 Å². The summed E-state index contributed by atoms with van der Waals surface area (Å²) >= 11 is 16.9. The number of ether oxygens (including phenoxy) is 5. The third-order valence-electron chi connectivity index (χ3n) is 3.08. The van der Waals surface area contributed by atoms with Crippen LogP contribution in [0, 0.1) is 0 Å². The molecule has 0 aromatic rings. The first-order valence-corrected chi connectivity index (χ1v) is 8.53. The van der Waals surface area contributed by atoms with E-state index in [2.05, 4.69) is 0 Å². The van der Waals surface area contributed by atoms with E-state index in [0.717, 1.165) is 13.8 Å². The van der Waals surface area contributed by atoms with E-state index < -0.39 is 59.0 Å². The molecular weight excluding hydrogens is 419 g/mol. The lowest BCUT2D eigenvalue weighted by atomic mass is 9.98. The molecule has 0 aromatic heterocycles. The molecule has 150 valence electrons. The van der Waals surface area contributed by atoms with Crippen LogP contribution in [0.1, 0.15) is 20.8 Å². The van der Waals surface area contributed by atoms with Crippen molar-refractivity contribution in [3.63, 3.8) is 0 Å². The summed E-state index contributed by atoms with van der Waals surface area (Å²) in [7, 11) is 0. The summed E-state index contributed by atoms with van der Waals surface area (Å²) in [6, 6.07) is 0. The highest BCUT2D eigenvalue weighted by molar-refractivity contribution is 6.67. The van der Waals surface area contributed by atoms with Crippen LogP contribution in [0.25, 0.3) is 0 Å². The van der Waals surface area contributed by atoms with Gasteiger partial charge in [-0.2, -0.15) is 0 Å². The highest BCUT2D eigenvalue weighted by Crippen LogP contribution is 2.31. The third-order valence-corrected chi connectivity index (χ3v) is 3.41. The van der Waals surface area contributed by atoms with Crippen molar-refractivity contribution >= 4 is 52.7 Å². The lowest BCUT2D eigenvalue weighted by molar-refractivity contribution is -0.305. The molecule has 26 heavy (non-hydrogen) atoms. The summed E-state index contributed by atoms with van der Waals surface area (Å²) in [4.78, 5) is 33.7. The van der Waals surface area contributed by atoms with Crippen LogP contribution in [-0.4, -0.2) is 70.7 Å². The number of aliphatic hydroxyl groups is 1. The Kier molecular flexibility index (Phi) is 8.84. The van der Waals surface area contributed by atoms with Gasteiger partial charge in [0.2, 0.25) is 3.79 Å². The van der Waals surface area contributed by atoms with E-state index in [4.69, 9.17) is 58.5 Å². The van der Waals surface area contributed by atoms with E-state index in [9.17, 15) is 19.5 Å². The zero-order chi connectivity index (χ0) is 20.1. The van der Waals surface area contributed by atoms with Crippen LogP contribution in [-0.2, 0) is 38.1 Å². The number of alkyl halides is 3. The normalized spacial score (nSPS) is 29.0. The largest absolute Gasteiger partial charge is 0.463 e. The summed E-state index contributed by atoms with van der Waals surface area (Å²) < 4.78 is 23.9. The van der Waals surface area contributed by atoms with Gasteiger partial charge in [-0.05, 0) is 0 Å². The second-order valence-electron chi connectivity index (χ2n) is 5.41. The predicted molar refractivity (Wildman–Crippen MR) is 88.7 cm³/mol. The number of carbonyl (C=O) groups excluding carboxylic acids is 3. The fraction of sp³-hybridized carbons (Fsp3) is 0.786. The molecule has 0 aliphatic carbocycles. The Balaban J connectivity index is 3.03. The monoisotopic (exact) mass is 436 g/mol. The standard InChI is InChI=1S/C14H19Cl3O9/c1-6(18)22-4-9-11(24-7(2)19)10(21)12(25-8(3)20)13(26-9)23-5-14(15,16)17/h9-13,21H,4-5H2,1-3H3/t9-,10+,11+,12-,13-/m1/s1. The van der Waals surface area contributed by atoms with Gasteiger partial charge < -0.3 is 28.8 Å². The Morgan fingerprint density at radius 1 is 1.00 bits per heavy atom. The van der Waals surface area contributed by atoms with Gasteiger partial charge in [0, 0.05) is 20.8 Å². The first-order valence-electron chi connectivity index (χ1n) is 7.40. The first-order chi connectivity index (χ1) is 11.9. The van der Waals surface area contributed by atoms with Crippen molar-refractivity contribution in [3.8, 4) is 0 Å². The average Bonchev–Trinajstić information content (AvgIpc) is 2.47. The molecule has 0 saturated carbocycles. The van der Waals surface area contributed by atoms with Crippen molar-refractivity contribution in [2.24, 2.45) is 0 Å². The molecule has 0 amide bonds. The Labute approximate surface area is 164 Å².